The van der Waals surface area contributed by atoms with Crippen LogP contribution >= 0.6 is 23.5 Å². The van der Waals surface area contributed by atoms with Crippen LogP contribution in [0.3, 0.4) is 0 Å². The number of nitro groups is 1. The number of rotatable bonds is 3. The summed E-state index contributed by atoms with van der Waals surface area (Å²) in [4.78, 5) is 74.8. The fraction of sp³-hybridized carbons (Fsp3) is 0.250. The number of hydrogen-bond acceptors (Lipinski definition) is 6. The molecule has 0 bridgehead atoms. The Bertz CT molecular complexity index is 621. The lowest BCUT2D eigenvalue weighted by atomic mass is 10.3. The number of nitrogens with zero attached hydrogens (tertiary/aromatic N) is 1. The maximum Gasteiger partial charge on any atom is 0.466 e. The van der Waals surface area contributed by atoms with Crippen LogP contribution in [0.25, 0.3) is 0 Å². The van der Waals surface area contributed by atoms with Crippen LogP contribution in [0.1, 0.15) is 6.92 Å². The highest BCUT2D eigenvalue weighted by molar-refractivity contribution is 7.45. The first-order valence-electron chi connectivity index (χ1n) is 6.07. The molecule has 0 atom stereocenters. The van der Waals surface area contributed by atoms with Crippen molar-refractivity contribution < 1.29 is 62.7 Å². The van der Waals surface area contributed by atoms with Gasteiger partial charge < -0.3 is 49.4 Å². The fourth-order valence-corrected chi connectivity index (χ4v) is 0.973. The zero-order valence-corrected chi connectivity index (χ0v) is 16.1. The Kier molecular flexibility index (Phi) is 15.6. The lowest BCUT2D eigenvalue weighted by Crippen LogP contribution is -2.00. The van der Waals surface area contributed by atoms with Gasteiger partial charge in [-0.25, -0.2) is 13.7 Å². The van der Waals surface area contributed by atoms with Crippen LogP contribution in [0, 0.1) is 10.1 Å². The smallest absolute Gasteiger partial charge is 0.380 e. The Morgan fingerprint density at radius 1 is 0.852 bits per heavy atom. The van der Waals surface area contributed by atoms with Gasteiger partial charge in [0.1, 0.15) is 5.69 Å². The van der Waals surface area contributed by atoms with Crippen molar-refractivity contribution in [1.29, 1.82) is 0 Å². The van der Waals surface area contributed by atoms with E-state index in [0.29, 0.717) is 12.2 Å². The first kappa shape index (κ1) is 30.5. The summed E-state index contributed by atoms with van der Waals surface area (Å²) in [6.07, 6.45) is 0. The van der Waals surface area contributed by atoms with Crippen molar-refractivity contribution in [2.24, 2.45) is 0 Å². The molecule has 27 heavy (non-hydrogen) atoms. The van der Waals surface area contributed by atoms with E-state index in [-0.39, 0.29) is 5.69 Å². The number of para-hydroxylation sites is 2. The summed E-state index contributed by atoms with van der Waals surface area (Å²) in [5.41, 5.74) is 0.698. The molecule has 16 nitrogen and oxygen atoms in total. The normalized spacial score (nSPS) is 10.7. The van der Waals surface area contributed by atoms with Gasteiger partial charge in [-0.15, -0.1) is 0 Å². The van der Waals surface area contributed by atoms with E-state index in [2.05, 4.69) is 5.32 Å². The molecule has 0 fully saturated rings. The molecule has 0 saturated heterocycles. The zero-order chi connectivity index (χ0) is 22.5. The van der Waals surface area contributed by atoms with Crippen LogP contribution in [0.5, 0.6) is 0 Å². The summed E-state index contributed by atoms with van der Waals surface area (Å²) in [5.74, 6) is 0. The molecule has 0 unspecified atom stereocenters. The van der Waals surface area contributed by atoms with Gasteiger partial charge in [0.2, 0.25) is 0 Å². The first-order chi connectivity index (χ1) is 11.8. The highest BCUT2D eigenvalue weighted by atomic mass is 31.2. The van der Waals surface area contributed by atoms with Crippen LogP contribution < -0.4 is 5.32 Å². The zero-order valence-electron chi connectivity index (χ0n) is 13.4. The van der Waals surface area contributed by atoms with Crippen molar-refractivity contribution in [2.45, 2.75) is 6.92 Å². The van der Waals surface area contributed by atoms with Gasteiger partial charge in [-0.05, 0) is 13.0 Å². The Hall–Kier alpha value is -1.25. The van der Waals surface area contributed by atoms with Crippen molar-refractivity contribution in [1.82, 2.24) is 0 Å². The minimum atomic E-state index is -4.64. The summed E-state index contributed by atoms with van der Waals surface area (Å²) >= 11 is 0. The third-order valence-electron chi connectivity index (χ3n) is 1.47. The molecule has 0 radical (unpaired) electrons. The molecule has 1 rings (SSSR count). The number of benzene rings is 1. The molecule has 0 aliphatic rings. The highest BCUT2D eigenvalue weighted by Crippen LogP contribution is 2.26. The molecule has 0 heterocycles. The van der Waals surface area contributed by atoms with Crippen molar-refractivity contribution in [3.05, 3.63) is 34.4 Å². The van der Waals surface area contributed by atoms with E-state index in [4.69, 9.17) is 57.7 Å². The molecular weight excluding hydrogens is 441 g/mol. The lowest BCUT2D eigenvalue weighted by Gasteiger charge is -2.02. The van der Waals surface area contributed by atoms with E-state index >= 15 is 0 Å². The summed E-state index contributed by atoms with van der Waals surface area (Å²) in [5, 5.41) is 13.4. The molecule has 1 aromatic carbocycles. The Labute approximate surface area is 151 Å². The monoisotopic (exact) mass is 460 g/mol. The van der Waals surface area contributed by atoms with E-state index in [9.17, 15) is 10.1 Å². The van der Waals surface area contributed by atoms with E-state index < -0.39 is 28.4 Å². The van der Waals surface area contributed by atoms with Gasteiger partial charge in [0.15, 0.2) is 0 Å². The van der Waals surface area contributed by atoms with Gasteiger partial charge >= 0.3 is 23.5 Å². The van der Waals surface area contributed by atoms with E-state index in [1.165, 1.54) is 6.07 Å². The second kappa shape index (κ2) is 13.8. The molecule has 0 amide bonds. The van der Waals surface area contributed by atoms with Gasteiger partial charge in [0.05, 0.1) is 4.92 Å². The molecule has 19 heteroatoms. The third-order valence-corrected chi connectivity index (χ3v) is 1.47. The van der Waals surface area contributed by atoms with Crippen molar-refractivity contribution in [2.75, 3.05) is 11.9 Å². The lowest BCUT2D eigenvalue weighted by molar-refractivity contribution is -0.384. The Morgan fingerprint density at radius 2 is 1.15 bits per heavy atom. The standard InChI is InChI=1S/C8H10N2O2.3H3O4P/c1-2-9-7-5-3-4-6-8(7)10(11)12;3*1-5(2,3)4/h3-6,9H,2H2,1H3;3*(H3,1,2,3,4). The van der Waals surface area contributed by atoms with Crippen LogP contribution in [0.15, 0.2) is 24.3 Å². The second-order valence-corrected chi connectivity index (χ2v) is 6.92. The highest BCUT2D eigenvalue weighted by Gasteiger charge is 2.10. The first-order valence-corrected chi connectivity index (χ1v) is 10.8. The number of nitro benzene ring substituents is 1. The van der Waals surface area contributed by atoms with Crippen LogP contribution in [-0.4, -0.2) is 55.5 Å². The number of phosphoric acid groups is 3. The molecule has 160 valence electrons. The molecule has 1 aromatic rings. The summed E-state index contributed by atoms with van der Waals surface area (Å²) < 4.78 is 26.6. The van der Waals surface area contributed by atoms with E-state index in [0.717, 1.165) is 0 Å². The third kappa shape index (κ3) is 45.7. The summed E-state index contributed by atoms with van der Waals surface area (Å²) in [6.45, 7) is 2.58. The average molecular weight is 460 g/mol. The molecule has 10 N–H and O–H groups in total. The second-order valence-electron chi connectivity index (χ2n) is 3.84. The van der Waals surface area contributed by atoms with E-state index in [1.807, 2.05) is 6.92 Å². The minimum Gasteiger partial charge on any atom is -0.380 e. The molecule has 0 aliphatic heterocycles. The molecule has 0 saturated carbocycles. The number of nitrogens with one attached hydrogen (secondary N) is 1. The van der Waals surface area contributed by atoms with Gasteiger partial charge in [-0.3, -0.25) is 10.1 Å². The van der Waals surface area contributed by atoms with Gasteiger partial charge in [0, 0.05) is 12.6 Å². The number of anilines is 1. The Morgan fingerprint density at radius 3 is 1.41 bits per heavy atom. The maximum absolute atomic E-state index is 10.5. The molecule has 0 aliphatic carbocycles. The molecular formula is C8H19N2O14P3. The molecule has 0 aromatic heterocycles. The van der Waals surface area contributed by atoms with Gasteiger partial charge in [0.25, 0.3) is 5.69 Å². The fourth-order valence-electron chi connectivity index (χ4n) is 0.973. The predicted octanol–water partition coefficient (Wildman–Crippen LogP) is -0.759. The SMILES string of the molecule is CCNc1ccccc1[N+](=O)[O-].O=P(O)(O)O.O=P(O)(O)O.O=P(O)(O)O. The Balaban J connectivity index is -0.000000323. The largest absolute Gasteiger partial charge is 0.466 e. The average Bonchev–Trinajstić information content (AvgIpc) is 2.33. The summed E-state index contributed by atoms with van der Waals surface area (Å²) in [6, 6.07) is 6.60. The number of hydrogen-bond donors (Lipinski definition) is 10. The van der Waals surface area contributed by atoms with E-state index in [1.54, 1.807) is 18.2 Å². The molecule has 0 spiro atoms. The van der Waals surface area contributed by atoms with Gasteiger partial charge in [-0.2, -0.15) is 0 Å². The van der Waals surface area contributed by atoms with Crippen molar-refractivity contribution >= 4 is 34.8 Å². The maximum atomic E-state index is 10.5. The van der Waals surface area contributed by atoms with Crippen molar-refractivity contribution in [3.63, 3.8) is 0 Å². The van der Waals surface area contributed by atoms with Crippen LogP contribution in [0.2, 0.25) is 0 Å². The topological polar surface area (TPSA) is 288 Å². The minimum absolute atomic E-state index is 0.124. The quantitative estimate of drug-likeness (QED) is 0.151. The van der Waals surface area contributed by atoms with Crippen LogP contribution in [0.4, 0.5) is 11.4 Å². The van der Waals surface area contributed by atoms with Crippen LogP contribution in [-0.2, 0) is 13.7 Å². The summed E-state index contributed by atoms with van der Waals surface area (Å²) in [7, 11) is -13.9. The van der Waals surface area contributed by atoms with Gasteiger partial charge in [-0.1, -0.05) is 12.1 Å². The van der Waals surface area contributed by atoms with Crippen molar-refractivity contribution in [3.8, 4) is 0 Å². The predicted molar refractivity (Wildman–Crippen MR) is 90.0 cm³/mol.